The van der Waals surface area contributed by atoms with Gasteiger partial charge in [0.15, 0.2) is 0 Å². The standard InChI is InChI=1S/C17H32N2O/c1-4-16(2)12-18-17(3,14-7-8-14)13-19(16)10-9-15-6-5-11-20-15/h14-15,18H,4-13H2,1-3H3. The van der Waals surface area contributed by atoms with Gasteiger partial charge in [0.1, 0.15) is 0 Å². The fourth-order valence-corrected chi connectivity index (χ4v) is 4.01. The molecule has 116 valence electrons. The van der Waals surface area contributed by atoms with Crippen molar-refractivity contribution in [1.82, 2.24) is 10.2 Å². The van der Waals surface area contributed by atoms with Crippen LogP contribution in [0, 0.1) is 5.92 Å². The van der Waals surface area contributed by atoms with Crippen molar-refractivity contribution in [3.63, 3.8) is 0 Å². The van der Waals surface area contributed by atoms with Gasteiger partial charge in [-0.3, -0.25) is 4.90 Å². The van der Waals surface area contributed by atoms with Gasteiger partial charge >= 0.3 is 0 Å². The molecule has 0 bridgehead atoms. The zero-order valence-corrected chi connectivity index (χ0v) is 13.6. The van der Waals surface area contributed by atoms with Crippen LogP contribution in [0.3, 0.4) is 0 Å². The molecule has 3 unspecified atom stereocenters. The maximum absolute atomic E-state index is 5.82. The molecule has 3 fully saturated rings. The van der Waals surface area contributed by atoms with Crippen LogP contribution < -0.4 is 5.32 Å². The molecule has 0 spiro atoms. The van der Waals surface area contributed by atoms with E-state index in [0.29, 0.717) is 17.2 Å². The predicted octanol–water partition coefficient (Wildman–Crippen LogP) is 2.80. The molecule has 1 N–H and O–H groups in total. The summed E-state index contributed by atoms with van der Waals surface area (Å²) in [5.41, 5.74) is 0.679. The molecule has 3 heteroatoms. The maximum Gasteiger partial charge on any atom is 0.0588 e. The molecule has 0 amide bonds. The van der Waals surface area contributed by atoms with Gasteiger partial charge in [-0.05, 0) is 58.3 Å². The third kappa shape index (κ3) is 2.90. The number of hydrogen-bond acceptors (Lipinski definition) is 3. The van der Waals surface area contributed by atoms with E-state index in [-0.39, 0.29) is 0 Å². The summed E-state index contributed by atoms with van der Waals surface area (Å²) in [6, 6.07) is 0. The second-order valence-corrected chi connectivity index (χ2v) is 7.74. The highest BCUT2D eigenvalue weighted by Gasteiger charge is 2.48. The quantitative estimate of drug-likeness (QED) is 0.838. The molecule has 3 nitrogen and oxygen atoms in total. The van der Waals surface area contributed by atoms with Gasteiger partial charge in [-0.2, -0.15) is 0 Å². The Balaban J connectivity index is 1.62. The highest BCUT2D eigenvalue weighted by Crippen LogP contribution is 2.43. The van der Waals surface area contributed by atoms with Gasteiger partial charge in [0, 0.05) is 37.3 Å². The Hall–Kier alpha value is -0.120. The Kier molecular flexibility index (Phi) is 4.13. The lowest BCUT2D eigenvalue weighted by atomic mass is 9.84. The van der Waals surface area contributed by atoms with Crippen LogP contribution in [-0.4, -0.2) is 48.3 Å². The van der Waals surface area contributed by atoms with Crippen molar-refractivity contribution in [2.45, 2.75) is 76.5 Å². The van der Waals surface area contributed by atoms with Gasteiger partial charge in [-0.25, -0.2) is 0 Å². The van der Waals surface area contributed by atoms with Crippen molar-refractivity contribution in [2.24, 2.45) is 5.92 Å². The molecule has 1 aliphatic carbocycles. The van der Waals surface area contributed by atoms with Gasteiger partial charge in [-0.1, -0.05) is 6.92 Å². The van der Waals surface area contributed by atoms with E-state index in [4.69, 9.17) is 4.74 Å². The van der Waals surface area contributed by atoms with E-state index in [9.17, 15) is 0 Å². The van der Waals surface area contributed by atoms with Crippen LogP contribution in [0.5, 0.6) is 0 Å². The predicted molar refractivity (Wildman–Crippen MR) is 83.0 cm³/mol. The summed E-state index contributed by atoms with van der Waals surface area (Å²) in [6.07, 6.45) is 8.35. The zero-order valence-electron chi connectivity index (χ0n) is 13.6. The van der Waals surface area contributed by atoms with Crippen LogP contribution in [0.4, 0.5) is 0 Å². The largest absolute Gasteiger partial charge is 0.378 e. The number of piperazine rings is 1. The van der Waals surface area contributed by atoms with Gasteiger partial charge in [-0.15, -0.1) is 0 Å². The molecule has 3 atom stereocenters. The molecular weight excluding hydrogens is 248 g/mol. The molecule has 0 aromatic carbocycles. The minimum absolute atomic E-state index is 0.326. The van der Waals surface area contributed by atoms with Gasteiger partial charge in [0.05, 0.1) is 6.10 Å². The first-order valence-electron chi connectivity index (χ1n) is 8.67. The van der Waals surface area contributed by atoms with E-state index in [0.717, 1.165) is 19.1 Å². The Morgan fingerprint density at radius 2 is 2.05 bits per heavy atom. The van der Waals surface area contributed by atoms with Crippen molar-refractivity contribution < 1.29 is 4.74 Å². The van der Waals surface area contributed by atoms with Crippen molar-refractivity contribution in [2.75, 3.05) is 26.2 Å². The first kappa shape index (κ1) is 14.8. The summed E-state index contributed by atoms with van der Waals surface area (Å²) >= 11 is 0. The van der Waals surface area contributed by atoms with Crippen molar-refractivity contribution in [3.8, 4) is 0 Å². The Bertz CT molecular complexity index is 338. The molecular formula is C17H32N2O. The molecule has 3 aliphatic rings. The Morgan fingerprint density at radius 1 is 1.25 bits per heavy atom. The summed E-state index contributed by atoms with van der Waals surface area (Å²) < 4.78 is 5.82. The molecule has 20 heavy (non-hydrogen) atoms. The SMILES string of the molecule is CCC1(C)CNC(C)(C2CC2)CN1CCC1CCCO1. The van der Waals surface area contributed by atoms with Crippen LogP contribution in [0.25, 0.3) is 0 Å². The van der Waals surface area contributed by atoms with Crippen molar-refractivity contribution >= 4 is 0 Å². The Labute approximate surface area is 124 Å². The minimum Gasteiger partial charge on any atom is -0.378 e. The molecule has 2 saturated heterocycles. The van der Waals surface area contributed by atoms with E-state index < -0.39 is 0 Å². The lowest BCUT2D eigenvalue weighted by molar-refractivity contribution is -0.00216. The molecule has 0 radical (unpaired) electrons. The number of hydrogen-bond donors (Lipinski definition) is 1. The van der Waals surface area contributed by atoms with Crippen molar-refractivity contribution in [3.05, 3.63) is 0 Å². The lowest BCUT2D eigenvalue weighted by Crippen LogP contribution is -2.69. The van der Waals surface area contributed by atoms with Crippen molar-refractivity contribution in [1.29, 1.82) is 0 Å². The maximum atomic E-state index is 5.82. The summed E-state index contributed by atoms with van der Waals surface area (Å²) in [6.45, 7) is 11.8. The van der Waals surface area contributed by atoms with E-state index in [1.807, 2.05) is 0 Å². The van der Waals surface area contributed by atoms with Gasteiger partial charge in [0.25, 0.3) is 0 Å². The molecule has 0 aromatic heterocycles. The fourth-order valence-electron chi connectivity index (χ4n) is 4.01. The van der Waals surface area contributed by atoms with Crippen LogP contribution in [0.15, 0.2) is 0 Å². The van der Waals surface area contributed by atoms with E-state index in [1.165, 1.54) is 51.6 Å². The monoisotopic (exact) mass is 280 g/mol. The number of ether oxygens (including phenoxy) is 1. The molecule has 1 saturated carbocycles. The first-order chi connectivity index (χ1) is 9.56. The third-order valence-electron chi connectivity index (χ3n) is 6.14. The van der Waals surface area contributed by atoms with Crippen LogP contribution in [0.2, 0.25) is 0 Å². The molecule has 0 aromatic rings. The normalized spacial score (nSPS) is 43.0. The average Bonchev–Trinajstić information content (AvgIpc) is 3.19. The summed E-state index contributed by atoms with van der Waals surface area (Å²) in [7, 11) is 0. The average molecular weight is 280 g/mol. The Morgan fingerprint density at radius 3 is 2.65 bits per heavy atom. The highest BCUT2D eigenvalue weighted by molar-refractivity contribution is 5.07. The topological polar surface area (TPSA) is 24.5 Å². The van der Waals surface area contributed by atoms with Crippen LogP contribution in [-0.2, 0) is 4.74 Å². The number of nitrogens with one attached hydrogen (secondary N) is 1. The molecule has 3 rings (SSSR count). The van der Waals surface area contributed by atoms with Crippen LogP contribution in [0.1, 0.15) is 59.3 Å². The van der Waals surface area contributed by atoms with Crippen LogP contribution >= 0.6 is 0 Å². The molecule has 2 aliphatic heterocycles. The highest BCUT2D eigenvalue weighted by atomic mass is 16.5. The summed E-state index contributed by atoms with van der Waals surface area (Å²) in [5, 5.41) is 3.88. The lowest BCUT2D eigenvalue weighted by Gasteiger charge is -2.53. The fraction of sp³-hybridized carbons (Fsp3) is 1.00. The number of nitrogens with zero attached hydrogens (tertiary/aromatic N) is 1. The minimum atomic E-state index is 0.326. The second-order valence-electron chi connectivity index (χ2n) is 7.74. The molecule has 2 heterocycles. The third-order valence-corrected chi connectivity index (χ3v) is 6.14. The van der Waals surface area contributed by atoms with E-state index in [2.05, 4.69) is 31.0 Å². The van der Waals surface area contributed by atoms with Gasteiger partial charge in [0.2, 0.25) is 0 Å². The zero-order chi connectivity index (χ0) is 14.2. The van der Waals surface area contributed by atoms with E-state index in [1.54, 1.807) is 0 Å². The second kappa shape index (κ2) is 5.58. The van der Waals surface area contributed by atoms with Gasteiger partial charge < -0.3 is 10.1 Å². The number of rotatable bonds is 5. The smallest absolute Gasteiger partial charge is 0.0588 e. The first-order valence-corrected chi connectivity index (χ1v) is 8.67. The summed E-state index contributed by atoms with van der Waals surface area (Å²) in [4.78, 5) is 2.77. The van der Waals surface area contributed by atoms with E-state index >= 15 is 0 Å². The summed E-state index contributed by atoms with van der Waals surface area (Å²) in [5.74, 6) is 0.911.